The minimum absolute atomic E-state index is 0.0896. The van der Waals surface area contributed by atoms with Gasteiger partial charge in [0, 0.05) is 12.0 Å². The highest BCUT2D eigenvalue weighted by molar-refractivity contribution is 6.33. The SMILES string of the molecule is O=C(CCc1ncc(-c2ccccc2)o1)OCc1noc(-c2ccccc2Cl)n1. The summed E-state index contributed by atoms with van der Waals surface area (Å²) >= 11 is 6.11. The van der Waals surface area contributed by atoms with Crippen LogP contribution in [0.4, 0.5) is 0 Å². The molecular formula is C21H16ClN3O4. The summed E-state index contributed by atoms with van der Waals surface area (Å²) in [6.45, 7) is -0.0896. The van der Waals surface area contributed by atoms with Crippen molar-refractivity contribution < 1.29 is 18.5 Å². The number of rotatable bonds is 7. The minimum atomic E-state index is -0.409. The van der Waals surface area contributed by atoms with Crippen LogP contribution in [-0.2, 0) is 22.6 Å². The molecule has 29 heavy (non-hydrogen) atoms. The Morgan fingerprint density at radius 1 is 1.07 bits per heavy atom. The Kier molecular flexibility index (Phi) is 5.67. The number of carbonyl (C=O) groups is 1. The molecule has 146 valence electrons. The number of hydrogen-bond acceptors (Lipinski definition) is 7. The molecule has 0 saturated heterocycles. The molecule has 4 rings (SSSR count). The van der Waals surface area contributed by atoms with E-state index in [4.69, 9.17) is 25.3 Å². The van der Waals surface area contributed by atoms with Crippen LogP contribution in [0.3, 0.4) is 0 Å². The fraction of sp³-hybridized carbons (Fsp3) is 0.143. The number of aromatic nitrogens is 3. The number of halogens is 1. The van der Waals surface area contributed by atoms with Crippen molar-refractivity contribution in [3.05, 3.63) is 77.5 Å². The third kappa shape index (κ3) is 4.70. The van der Waals surface area contributed by atoms with Crippen LogP contribution in [0.15, 0.2) is 69.7 Å². The number of nitrogens with zero attached hydrogens (tertiary/aromatic N) is 3. The summed E-state index contributed by atoms with van der Waals surface area (Å²) in [4.78, 5) is 20.4. The van der Waals surface area contributed by atoms with Gasteiger partial charge < -0.3 is 13.7 Å². The molecular weight excluding hydrogens is 394 g/mol. The van der Waals surface area contributed by atoms with Crippen LogP contribution in [0.2, 0.25) is 5.02 Å². The van der Waals surface area contributed by atoms with E-state index >= 15 is 0 Å². The van der Waals surface area contributed by atoms with E-state index in [1.54, 1.807) is 18.3 Å². The molecule has 2 aromatic heterocycles. The van der Waals surface area contributed by atoms with Crippen molar-refractivity contribution in [2.75, 3.05) is 0 Å². The number of hydrogen-bond donors (Lipinski definition) is 0. The molecule has 8 heteroatoms. The maximum atomic E-state index is 12.0. The van der Waals surface area contributed by atoms with Gasteiger partial charge in [0.15, 0.2) is 18.3 Å². The molecule has 0 unspecified atom stereocenters. The van der Waals surface area contributed by atoms with Crippen LogP contribution in [-0.4, -0.2) is 21.1 Å². The number of oxazole rings is 1. The summed E-state index contributed by atoms with van der Waals surface area (Å²) in [5.41, 5.74) is 1.55. The van der Waals surface area contributed by atoms with E-state index in [0.29, 0.717) is 28.7 Å². The number of carbonyl (C=O) groups excluding carboxylic acids is 1. The number of esters is 1. The molecule has 4 aromatic rings. The Hall–Kier alpha value is -3.45. The van der Waals surface area contributed by atoms with Crippen LogP contribution >= 0.6 is 11.6 Å². The third-order valence-corrected chi connectivity index (χ3v) is 4.42. The molecule has 7 nitrogen and oxygen atoms in total. The first-order valence-corrected chi connectivity index (χ1v) is 9.30. The molecule has 0 atom stereocenters. The average Bonchev–Trinajstić information content (AvgIpc) is 3.41. The first-order valence-electron chi connectivity index (χ1n) is 8.92. The second kappa shape index (κ2) is 8.70. The highest BCUT2D eigenvalue weighted by atomic mass is 35.5. The highest BCUT2D eigenvalue weighted by Crippen LogP contribution is 2.26. The summed E-state index contributed by atoms with van der Waals surface area (Å²) in [7, 11) is 0. The van der Waals surface area contributed by atoms with Crippen LogP contribution in [0, 0.1) is 0 Å². The Labute approximate surface area is 171 Å². The van der Waals surface area contributed by atoms with E-state index in [-0.39, 0.29) is 24.7 Å². The third-order valence-electron chi connectivity index (χ3n) is 4.09. The van der Waals surface area contributed by atoms with Gasteiger partial charge in [0.05, 0.1) is 23.2 Å². The first kappa shape index (κ1) is 18.9. The van der Waals surface area contributed by atoms with Gasteiger partial charge >= 0.3 is 5.97 Å². The van der Waals surface area contributed by atoms with Crippen molar-refractivity contribution in [1.29, 1.82) is 0 Å². The predicted molar refractivity (Wildman–Crippen MR) is 105 cm³/mol. The van der Waals surface area contributed by atoms with Crippen molar-refractivity contribution in [3.63, 3.8) is 0 Å². The fourth-order valence-corrected chi connectivity index (χ4v) is 2.86. The largest absolute Gasteiger partial charge is 0.457 e. The Bertz CT molecular complexity index is 1110. The van der Waals surface area contributed by atoms with Crippen LogP contribution in [0.1, 0.15) is 18.1 Å². The van der Waals surface area contributed by atoms with Gasteiger partial charge in [0.2, 0.25) is 5.82 Å². The monoisotopic (exact) mass is 409 g/mol. The van der Waals surface area contributed by atoms with Gasteiger partial charge in [-0.05, 0) is 12.1 Å². The normalized spacial score (nSPS) is 10.8. The van der Waals surface area contributed by atoms with Crippen molar-refractivity contribution in [1.82, 2.24) is 15.1 Å². The topological polar surface area (TPSA) is 91.2 Å². The Morgan fingerprint density at radius 2 is 1.86 bits per heavy atom. The van der Waals surface area contributed by atoms with Gasteiger partial charge in [-0.25, -0.2) is 4.98 Å². The molecule has 0 aliphatic carbocycles. The maximum Gasteiger partial charge on any atom is 0.306 e. The van der Waals surface area contributed by atoms with E-state index in [1.807, 2.05) is 42.5 Å². The van der Waals surface area contributed by atoms with Crippen molar-refractivity contribution in [3.8, 4) is 22.8 Å². The molecule has 2 heterocycles. The Morgan fingerprint density at radius 3 is 2.69 bits per heavy atom. The lowest BCUT2D eigenvalue weighted by molar-refractivity contribution is -0.145. The summed E-state index contributed by atoms with van der Waals surface area (Å²) in [6.07, 6.45) is 2.11. The van der Waals surface area contributed by atoms with Crippen molar-refractivity contribution in [2.24, 2.45) is 0 Å². The average molecular weight is 410 g/mol. The van der Waals surface area contributed by atoms with Gasteiger partial charge in [-0.3, -0.25) is 4.79 Å². The van der Waals surface area contributed by atoms with E-state index in [9.17, 15) is 4.79 Å². The fourth-order valence-electron chi connectivity index (χ4n) is 2.64. The number of benzene rings is 2. The maximum absolute atomic E-state index is 12.0. The Balaban J connectivity index is 1.28. The zero-order valence-electron chi connectivity index (χ0n) is 15.2. The van der Waals surface area contributed by atoms with Crippen LogP contribution in [0.5, 0.6) is 0 Å². The molecule has 0 bridgehead atoms. The zero-order chi connectivity index (χ0) is 20.1. The predicted octanol–water partition coefficient (Wildman–Crippen LogP) is 4.72. The molecule has 0 amide bonds. The van der Waals surface area contributed by atoms with Gasteiger partial charge in [-0.1, -0.05) is 59.2 Å². The highest BCUT2D eigenvalue weighted by Gasteiger charge is 2.14. The summed E-state index contributed by atoms with van der Waals surface area (Å²) in [5, 5.41) is 4.31. The van der Waals surface area contributed by atoms with E-state index in [0.717, 1.165) is 5.56 Å². The molecule has 2 aromatic carbocycles. The summed E-state index contributed by atoms with van der Waals surface area (Å²) < 4.78 is 16.0. The quantitative estimate of drug-likeness (QED) is 0.408. The molecule has 0 fully saturated rings. The first-order chi connectivity index (χ1) is 14.2. The number of aryl methyl sites for hydroxylation is 1. The van der Waals surface area contributed by atoms with E-state index < -0.39 is 5.97 Å². The van der Waals surface area contributed by atoms with Gasteiger partial charge in [-0.2, -0.15) is 4.98 Å². The van der Waals surface area contributed by atoms with Crippen LogP contribution in [0.25, 0.3) is 22.8 Å². The summed E-state index contributed by atoms with van der Waals surface area (Å²) in [5.74, 6) is 1.26. The molecule has 0 spiro atoms. The zero-order valence-corrected chi connectivity index (χ0v) is 16.0. The number of ether oxygens (including phenoxy) is 1. The smallest absolute Gasteiger partial charge is 0.306 e. The summed E-state index contributed by atoms with van der Waals surface area (Å²) in [6, 6.07) is 16.8. The van der Waals surface area contributed by atoms with Crippen molar-refractivity contribution >= 4 is 17.6 Å². The lowest BCUT2D eigenvalue weighted by atomic mass is 10.2. The molecule has 0 aliphatic rings. The molecule has 0 radical (unpaired) electrons. The molecule has 0 N–H and O–H groups in total. The van der Waals surface area contributed by atoms with E-state index in [1.165, 1.54) is 0 Å². The molecule has 0 saturated carbocycles. The minimum Gasteiger partial charge on any atom is -0.457 e. The molecule has 0 aliphatic heterocycles. The van der Waals surface area contributed by atoms with Crippen LogP contribution < -0.4 is 0 Å². The second-order valence-electron chi connectivity index (χ2n) is 6.14. The van der Waals surface area contributed by atoms with E-state index in [2.05, 4.69) is 15.1 Å². The standard InChI is InChI=1S/C21H16ClN3O4/c22-16-9-5-4-8-15(16)21-24-18(25-29-21)13-27-20(26)11-10-19-23-12-17(28-19)14-6-2-1-3-7-14/h1-9,12H,10-11,13H2. The lowest BCUT2D eigenvalue weighted by Crippen LogP contribution is -2.06. The van der Waals surface area contributed by atoms with Gasteiger partial charge in [0.25, 0.3) is 5.89 Å². The lowest BCUT2D eigenvalue weighted by Gasteiger charge is -2.00. The van der Waals surface area contributed by atoms with Gasteiger partial charge in [0.1, 0.15) is 0 Å². The van der Waals surface area contributed by atoms with Gasteiger partial charge in [-0.15, -0.1) is 0 Å². The second-order valence-corrected chi connectivity index (χ2v) is 6.55. The van der Waals surface area contributed by atoms with Crippen molar-refractivity contribution in [2.45, 2.75) is 19.4 Å².